The molecule has 24 heavy (non-hydrogen) atoms. The average Bonchev–Trinajstić information content (AvgIpc) is 2.95. The molecule has 2 aliphatic rings. The number of hydrogen-bond acceptors (Lipinski definition) is 5. The van der Waals surface area contributed by atoms with Gasteiger partial charge in [0.05, 0.1) is 12.1 Å². The average molecular weight is 340 g/mol. The first-order chi connectivity index (χ1) is 11.5. The van der Waals surface area contributed by atoms with Gasteiger partial charge in [-0.25, -0.2) is 18.7 Å². The van der Waals surface area contributed by atoms with Crippen LogP contribution in [0.15, 0.2) is 18.6 Å². The van der Waals surface area contributed by atoms with Gasteiger partial charge in [-0.3, -0.25) is 4.79 Å². The Hall–Kier alpha value is -1.83. The Kier molecular flexibility index (Phi) is 4.93. The lowest BCUT2D eigenvalue weighted by molar-refractivity contribution is -0.133. The molecule has 2 fully saturated rings. The van der Waals surface area contributed by atoms with Gasteiger partial charge >= 0.3 is 0 Å². The van der Waals surface area contributed by atoms with E-state index in [9.17, 15) is 13.6 Å². The second-order valence-electron chi connectivity index (χ2n) is 6.61. The van der Waals surface area contributed by atoms with Crippen LogP contribution in [-0.2, 0) is 9.53 Å². The van der Waals surface area contributed by atoms with Crippen molar-refractivity contribution in [3.63, 3.8) is 0 Å². The van der Waals surface area contributed by atoms with Crippen LogP contribution in [0.5, 0.6) is 0 Å². The minimum atomic E-state index is -2.58. The molecule has 8 heteroatoms. The second-order valence-corrected chi connectivity index (χ2v) is 6.61. The zero-order valence-corrected chi connectivity index (χ0v) is 13.6. The Bertz CT molecular complexity index is 564. The van der Waals surface area contributed by atoms with E-state index in [4.69, 9.17) is 4.74 Å². The highest BCUT2D eigenvalue weighted by Gasteiger charge is 2.45. The summed E-state index contributed by atoms with van der Waals surface area (Å²) in [5.41, 5.74) is 0. The molecule has 1 aromatic heterocycles. The standard InChI is InChI=1S/C16H22F2N4O2/c1-24-13-5-12(22(9-13)14-2-3-19-10-21-14)8-20-15(23)4-11-6-16(17,18)7-11/h2-3,10-13H,4-9H2,1H3,(H,20,23)/t12-,13-/m0/s1. The summed E-state index contributed by atoms with van der Waals surface area (Å²) in [5, 5.41) is 2.87. The molecule has 0 unspecified atom stereocenters. The molecular formula is C16H22F2N4O2. The largest absolute Gasteiger partial charge is 0.380 e. The van der Waals surface area contributed by atoms with E-state index in [1.54, 1.807) is 13.3 Å². The van der Waals surface area contributed by atoms with Gasteiger partial charge in [-0.05, 0) is 18.4 Å². The monoisotopic (exact) mass is 340 g/mol. The molecule has 132 valence electrons. The van der Waals surface area contributed by atoms with Crippen LogP contribution >= 0.6 is 0 Å². The Morgan fingerprint density at radius 2 is 2.29 bits per heavy atom. The second kappa shape index (κ2) is 6.96. The molecule has 1 aliphatic carbocycles. The summed E-state index contributed by atoms with van der Waals surface area (Å²) in [6, 6.07) is 1.89. The maximum Gasteiger partial charge on any atom is 0.248 e. The van der Waals surface area contributed by atoms with Crippen LogP contribution in [0.25, 0.3) is 0 Å². The number of carbonyl (C=O) groups is 1. The third-order valence-electron chi connectivity index (χ3n) is 4.75. The zero-order valence-electron chi connectivity index (χ0n) is 13.6. The third-order valence-corrected chi connectivity index (χ3v) is 4.75. The molecule has 0 aromatic carbocycles. The van der Waals surface area contributed by atoms with E-state index in [1.807, 2.05) is 6.07 Å². The maximum atomic E-state index is 12.8. The molecule has 6 nitrogen and oxygen atoms in total. The van der Waals surface area contributed by atoms with Crippen LogP contribution in [0.1, 0.15) is 25.7 Å². The van der Waals surface area contributed by atoms with Gasteiger partial charge in [-0.15, -0.1) is 0 Å². The summed E-state index contributed by atoms with van der Waals surface area (Å²) >= 11 is 0. The topological polar surface area (TPSA) is 67.3 Å². The van der Waals surface area contributed by atoms with Gasteiger partial charge in [-0.2, -0.15) is 0 Å². The minimum Gasteiger partial charge on any atom is -0.380 e. The molecule has 1 saturated heterocycles. The summed E-state index contributed by atoms with van der Waals surface area (Å²) in [7, 11) is 1.67. The summed E-state index contributed by atoms with van der Waals surface area (Å²) in [6.07, 6.45) is 3.83. The molecule has 3 rings (SSSR count). The Morgan fingerprint density at radius 1 is 1.50 bits per heavy atom. The lowest BCUT2D eigenvalue weighted by atomic mass is 9.79. The number of ether oxygens (including phenoxy) is 1. The fourth-order valence-electron chi connectivity index (χ4n) is 3.47. The molecule has 0 bridgehead atoms. The van der Waals surface area contributed by atoms with E-state index in [-0.39, 0.29) is 43.2 Å². The number of anilines is 1. The Labute approximate surface area is 139 Å². The lowest BCUT2D eigenvalue weighted by Crippen LogP contribution is -2.43. The SMILES string of the molecule is CO[C@H]1C[C@@H](CNC(=O)CC2CC(F)(F)C2)N(c2ccncn2)C1. The number of halogens is 2. The van der Waals surface area contributed by atoms with Gasteiger partial charge in [-0.1, -0.05) is 0 Å². The summed E-state index contributed by atoms with van der Waals surface area (Å²) < 4.78 is 31.1. The van der Waals surface area contributed by atoms with Crippen LogP contribution in [-0.4, -0.2) is 54.1 Å². The lowest BCUT2D eigenvalue weighted by Gasteiger charge is -2.34. The molecule has 1 aromatic rings. The van der Waals surface area contributed by atoms with Crippen molar-refractivity contribution < 1.29 is 18.3 Å². The zero-order chi connectivity index (χ0) is 17.2. The van der Waals surface area contributed by atoms with Crippen molar-refractivity contribution in [2.24, 2.45) is 5.92 Å². The number of rotatable bonds is 6. The highest BCUT2D eigenvalue weighted by Crippen LogP contribution is 2.43. The molecular weight excluding hydrogens is 318 g/mol. The highest BCUT2D eigenvalue weighted by atomic mass is 19.3. The van der Waals surface area contributed by atoms with Crippen LogP contribution in [0.4, 0.5) is 14.6 Å². The maximum absolute atomic E-state index is 12.8. The molecule has 1 saturated carbocycles. The summed E-state index contributed by atoms with van der Waals surface area (Å²) in [5.74, 6) is -2.15. The van der Waals surface area contributed by atoms with E-state index < -0.39 is 5.92 Å². The molecule has 1 aliphatic heterocycles. The first kappa shape index (κ1) is 17.0. The van der Waals surface area contributed by atoms with Crippen molar-refractivity contribution in [2.45, 2.75) is 43.8 Å². The van der Waals surface area contributed by atoms with Crippen molar-refractivity contribution >= 4 is 11.7 Å². The van der Waals surface area contributed by atoms with E-state index in [1.165, 1.54) is 6.33 Å². The summed E-state index contributed by atoms with van der Waals surface area (Å²) in [4.78, 5) is 22.2. The van der Waals surface area contributed by atoms with E-state index in [2.05, 4.69) is 20.2 Å². The van der Waals surface area contributed by atoms with Crippen molar-refractivity contribution in [2.75, 3.05) is 25.1 Å². The van der Waals surface area contributed by atoms with Gasteiger partial charge in [0.2, 0.25) is 11.8 Å². The Morgan fingerprint density at radius 3 is 2.92 bits per heavy atom. The van der Waals surface area contributed by atoms with Gasteiger partial charge in [0.1, 0.15) is 12.1 Å². The van der Waals surface area contributed by atoms with Crippen LogP contribution in [0, 0.1) is 5.92 Å². The smallest absolute Gasteiger partial charge is 0.248 e. The predicted octanol–water partition coefficient (Wildman–Crippen LogP) is 1.62. The van der Waals surface area contributed by atoms with Crippen LogP contribution in [0.2, 0.25) is 0 Å². The molecule has 0 spiro atoms. The van der Waals surface area contributed by atoms with Gasteiger partial charge in [0, 0.05) is 45.7 Å². The van der Waals surface area contributed by atoms with Gasteiger partial charge in [0.25, 0.3) is 0 Å². The number of amides is 1. The number of carbonyl (C=O) groups excluding carboxylic acids is 1. The molecule has 2 heterocycles. The summed E-state index contributed by atoms with van der Waals surface area (Å²) in [6.45, 7) is 1.15. The van der Waals surface area contributed by atoms with E-state index >= 15 is 0 Å². The number of nitrogens with one attached hydrogen (secondary N) is 1. The van der Waals surface area contributed by atoms with Gasteiger partial charge < -0.3 is 15.0 Å². The van der Waals surface area contributed by atoms with Gasteiger partial charge in [0.15, 0.2) is 0 Å². The number of methoxy groups -OCH3 is 1. The Balaban J connectivity index is 1.52. The first-order valence-electron chi connectivity index (χ1n) is 8.17. The molecule has 1 amide bonds. The normalized spacial score (nSPS) is 26.2. The number of hydrogen-bond donors (Lipinski definition) is 1. The van der Waals surface area contributed by atoms with E-state index in [0.717, 1.165) is 12.2 Å². The van der Waals surface area contributed by atoms with Crippen molar-refractivity contribution in [1.29, 1.82) is 0 Å². The van der Waals surface area contributed by atoms with Crippen LogP contribution in [0.3, 0.4) is 0 Å². The van der Waals surface area contributed by atoms with Crippen molar-refractivity contribution in [3.05, 3.63) is 18.6 Å². The first-order valence-corrected chi connectivity index (χ1v) is 8.17. The minimum absolute atomic E-state index is 0.0663. The number of aromatic nitrogens is 2. The fraction of sp³-hybridized carbons (Fsp3) is 0.688. The third kappa shape index (κ3) is 3.98. The van der Waals surface area contributed by atoms with Crippen molar-refractivity contribution in [3.8, 4) is 0 Å². The molecule has 2 atom stereocenters. The number of nitrogens with zero attached hydrogens (tertiary/aromatic N) is 3. The molecule has 0 radical (unpaired) electrons. The van der Waals surface area contributed by atoms with Crippen molar-refractivity contribution in [1.82, 2.24) is 15.3 Å². The predicted molar refractivity (Wildman–Crippen MR) is 83.9 cm³/mol. The van der Waals surface area contributed by atoms with E-state index in [0.29, 0.717) is 13.1 Å². The molecule has 1 N–H and O–H groups in total. The quantitative estimate of drug-likeness (QED) is 0.852. The fourth-order valence-corrected chi connectivity index (χ4v) is 3.47. The van der Waals surface area contributed by atoms with Crippen LogP contribution < -0.4 is 10.2 Å². The highest BCUT2D eigenvalue weighted by molar-refractivity contribution is 5.76. The number of alkyl halides is 2.